The van der Waals surface area contributed by atoms with Gasteiger partial charge < -0.3 is 10.7 Å². The van der Waals surface area contributed by atoms with E-state index >= 15 is 0 Å². The van der Waals surface area contributed by atoms with Gasteiger partial charge in [0.25, 0.3) is 0 Å². The van der Waals surface area contributed by atoms with Gasteiger partial charge in [0.1, 0.15) is 0 Å². The van der Waals surface area contributed by atoms with Crippen molar-refractivity contribution in [2.24, 2.45) is 0 Å². The van der Waals surface area contributed by atoms with Crippen LogP contribution < -0.4 is 5.48 Å². The highest BCUT2D eigenvalue weighted by atomic mass is 32.1. The van der Waals surface area contributed by atoms with Crippen molar-refractivity contribution in [3.05, 3.63) is 39.6 Å². The first-order valence-corrected chi connectivity index (χ1v) is 8.22. The molecule has 3 heteroatoms. The summed E-state index contributed by atoms with van der Waals surface area (Å²) in [7, 11) is 0. The lowest BCUT2D eigenvalue weighted by Gasteiger charge is -2.34. The smallest absolute Gasteiger partial charge is 0.0960 e. The first kappa shape index (κ1) is 19.1. The molecule has 0 atom stereocenters. The van der Waals surface area contributed by atoms with Crippen molar-refractivity contribution in [2.45, 2.75) is 78.6 Å². The van der Waals surface area contributed by atoms with Crippen molar-refractivity contribution < 1.29 is 0 Å². The maximum atomic E-state index is 11.3. The first-order chi connectivity index (χ1) is 9.69. The van der Waals surface area contributed by atoms with Crippen LogP contribution >= 0.6 is 12.2 Å². The molecule has 0 aliphatic rings. The van der Waals surface area contributed by atoms with Crippen molar-refractivity contribution in [2.75, 3.05) is 0 Å². The van der Waals surface area contributed by atoms with Gasteiger partial charge in [0.05, 0.1) is 4.99 Å². The molecule has 1 aromatic carbocycles. The average molecular weight is 321 g/mol. The number of thiocarbonyl (C=S) groups is 1. The van der Waals surface area contributed by atoms with Crippen LogP contribution in [0, 0.1) is 5.21 Å². The predicted molar refractivity (Wildman–Crippen MR) is 101 cm³/mol. The molecule has 0 heterocycles. The zero-order valence-electron chi connectivity index (χ0n) is 15.5. The molecule has 1 N–H and O–H groups in total. The third-order valence-electron chi connectivity index (χ3n) is 3.94. The maximum absolute atomic E-state index is 11.3. The van der Waals surface area contributed by atoms with Gasteiger partial charge in [0, 0.05) is 5.56 Å². The van der Waals surface area contributed by atoms with E-state index in [4.69, 9.17) is 12.2 Å². The highest BCUT2D eigenvalue weighted by molar-refractivity contribution is 7.80. The van der Waals surface area contributed by atoms with Crippen LogP contribution in [0.25, 0.3) is 0 Å². The minimum atomic E-state index is -0.0858. The number of benzene rings is 1. The van der Waals surface area contributed by atoms with Gasteiger partial charge in [-0.1, -0.05) is 86.7 Å². The quantitative estimate of drug-likeness (QED) is 0.560. The first-order valence-electron chi connectivity index (χ1n) is 7.81. The fourth-order valence-electron chi connectivity index (χ4n) is 2.55. The Kier molecular flexibility index (Phi) is 5.16. The van der Waals surface area contributed by atoms with E-state index in [0.29, 0.717) is 0 Å². The van der Waals surface area contributed by atoms with Crippen LogP contribution in [-0.4, -0.2) is 4.99 Å². The molecule has 0 saturated carbocycles. The van der Waals surface area contributed by atoms with Crippen molar-refractivity contribution in [1.29, 1.82) is 0 Å². The number of hydrogen-bond donors (Lipinski definition) is 1. The fourth-order valence-corrected chi connectivity index (χ4v) is 2.77. The normalized spacial score (nSPS) is 13.2. The Labute approximate surface area is 141 Å². The second-order valence-electron chi connectivity index (χ2n) is 9.13. The van der Waals surface area contributed by atoms with Crippen LogP contribution in [0.2, 0.25) is 0 Å². The minimum absolute atomic E-state index is 0.0467. The van der Waals surface area contributed by atoms with Crippen molar-refractivity contribution in [3.8, 4) is 0 Å². The maximum Gasteiger partial charge on any atom is 0.0960 e. The molecule has 0 aromatic heterocycles. The molecule has 0 saturated heterocycles. The van der Waals surface area contributed by atoms with Gasteiger partial charge in [0.2, 0.25) is 0 Å². The highest BCUT2D eigenvalue weighted by Crippen LogP contribution is 2.38. The topological polar surface area (TPSA) is 35.1 Å². The Morgan fingerprint density at radius 1 is 0.818 bits per heavy atom. The Bertz CT molecular complexity index is 534. The summed E-state index contributed by atoms with van der Waals surface area (Å²) in [5.74, 6) is 0. The zero-order valence-corrected chi connectivity index (χ0v) is 16.3. The van der Waals surface area contributed by atoms with Crippen LogP contribution in [0.4, 0.5) is 0 Å². The van der Waals surface area contributed by atoms with Gasteiger partial charge in [-0.3, -0.25) is 0 Å². The molecular formula is C19H30NOS-. The molecule has 0 radical (unpaired) electrons. The van der Waals surface area contributed by atoms with E-state index in [1.165, 1.54) is 5.56 Å². The van der Waals surface area contributed by atoms with E-state index in [0.717, 1.165) is 16.7 Å². The molecule has 0 amide bonds. The van der Waals surface area contributed by atoms with Crippen molar-refractivity contribution >= 4 is 17.2 Å². The van der Waals surface area contributed by atoms with Gasteiger partial charge in [-0.15, -0.1) is 0 Å². The number of rotatable bonds is 1. The lowest BCUT2D eigenvalue weighted by atomic mass is 9.72. The second kappa shape index (κ2) is 5.93. The lowest BCUT2D eigenvalue weighted by molar-refractivity contribution is 0.546. The number of nitrogens with one attached hydrogen (secondary N) is 1. The third kappa shape index (κ3) is 4.08. The largest absolute Gasteiger partial charge is 0.760 e. The minimum Gasteiger partial charge on any atom is -0.760 e. The molecule has 1 aromatic rings. The van der Waals surface area contributed by atoms with Crippen LogP contribution in [-0.2, 0) is 16.2 Å². The Morgan fingerprint density at radius 2 is 1.18 bits per heavy atom. The van der Waals surface area contributed by atoms with Gasteiger partial charge in [0.15, 0.2) is 0 Å². The van der Waals surface area contributed by atoms with Crippen LogP contribution in [0.3, 0.4) is 0 Å². The number of hydroxylamine groups is 1. The molecule has 0 spiro atoms. The summed E-state index contributed by atoms with van der Waals surface area (Å²) in [6.07, 6.45) is 0. The molecule has 0 fully saturated rings. The van der Waals surface area contributed by atoms with Gasteiger partial charge in [-0.25, -0.2) is 0 Å². The Hall–Kier alpha value is -0.930. The standard InChI is InChI=1S/C19H30NOS/c1-17(2,3)12-10-13(18(4,5)6)15(16(22)20-21)14(11-12)19(7,8)9/h10-11H,1-9H3,(H-,20,21,22)/q-1. The molecular weight excluding hydrogens is 290 g/mol. The summed E-state index contributed by atoms with van der Waals surface area (Å²) >= 11 is 5.35. The van der Waals surface area contributed by atoms with E-state index in [2.05, 4.69) is 74.4 Å². The van der Waals surface area contributed by atoms with Crippen LogP contribution in [0.15, 0.2) is 12.1 Å². The Balaban J connectivity index is 3.90. The molecule has 0 aliphatic carbocycles. The molecule has 22 heavy (non-hydrogen) atoms. The Morgan fingerprint density at radius 3 is 1.41 bits per heavy atom. The number of hydrogen-bond acceptors (Lipinski definition) is 2. The van der Waals surface area contributed by atoms with E-state index in [1.54, 1.807) is 0 Å². The summed E-state index contributed by atoms with van der Waals surface area (Å²) in [5, 5.41) is 11.3. The third-order valence-corrected chi connectivity index (χ3v) is 4.23. The molecule has 2 nitrogen and oxygen atoms in total. The van der Waals surface area contributed by atoms with E-state index in [9.17, 15) is 5.21 Å². The van der Waals surface area contributed by atoms with Crippen molar-refractivity contribution in [3.63, 3.8) is 0 Å². The summed E-state index contributed by atoms with van der Waals surface area (Å²) in [6, 6.07) is 4.43. The van der Waals surface area contributed by atoms with Crippen LogP contribution in [0.1, 0.15) is 84.6 Å². The van der Waals surface area contributed by atoms with E-state index < -0.39 is 0 Å². The average Bonchev–Trinajstić information content (AvgIpc) is 2.33. The lowest BCUT2D eigenvalue weighted by Crippen LogP contribution is -2.29. The van der Waals surface area contributed by atoms with E-state index in [1.807, 2.05) is 5.48 Å². The summed E-state index contributed by atoms with van der Waals surface area (Å²) in [4.78, 5) is 0.287. The fraction of sp³-hybridized carbons (Fsp3) is 0.632. The molecule has 124 valence electrons. The zero-order chi connectivity index (χ0) is 17.5. The highest BCUT2D eigenvalue weighted by Gasteiger charge is 2.29. The van der Waals surface area contributed by atoms with Crippen molar-refractivity contribution in [1.82, 2.24) is 5.48 Å². The molecule has 0 aliphatic heterocycles. The molecule has 0 bridgehead atoms. The summed E-state index contributed by atoms with van der Waals surface area (Å²) in [5.41, 5.74) is 6.27. The van der Waals surface area contributed by atoms with Gasteiger partial charge >= 0.3 is 0 Å². The van der Waals surface area contributed by atoms with E-state index in [-0.39, 0.29) is 21.2 Å². The molecule has 1 rings (SSSR count). The predicted octanol–water partition coefficient (Wildman–Crippen LogP) is 5.34. The monoisotopic (exact) mass is 320 g/mol. The summed E-state index contributed by atoms with van der Waals surface area (Å²) in [6.45, 7) is 19.6. The SMILES string of the molecule is CC(C)(C)c1cc(C(C)(C)C)c(C(=S)N[O-])c(C(C)(C)C)c1. The second-order valence-corrected chi connectivity index (χ2v) is 9.54. The van der Waals surface area contributed by atoms with Gasteiger partial charge in [-0.2, -0.15) is 0 Å². The summed E-state index contributed by atoms with van der Waals surface area (Å²) < 4.78 is 0. The molecule has 0 unspecified atom stereocenters. The van der Waals surface area contributed by atoms with Crippen LogP contribution in [0.5, 0.6) is 0 Å². The van der Waals surface area contributed by atoms with Gasteiger partial charge in [-0.05, 0) is 32.9 Å².